The van der Waals surface area contributed by atoms with Gasteiger partial charge in [0, 0.05) is 13.7 Å². The second kappa shape index (κ2) is 5.49. The molecule has 0 atom stereocenters. The van der Waals surface area contributed by atoms with Gasteiger partial charge in [0.15, 0.2) is 0 Å². The number of hydrogen-bond acceptors (Lipinski definition) is 5. The molecule has 0 saturated heterocycles. The van der Waals surface area contributed by atoms with Gasteiger partial charge in [-0.15, -0.1) is 5.10 Å². The fourth-order valence-electron chi connectivity index (χ4n) is 1.69. The van der Waals surface area contributed by atoms with Crippen molar-refractivity contribution in [1.29, 1.82) is 0 Å². The second-order valence-corrected chi connectivity index (χ2v) is 3.93. The van der Waals surface area contributed by atoms with Gasteiger partial charge in [0.05, 0.1) is 4.92 Å². The summed E-state index contributed by atoms with van der Waals surface area (Å²) >= 11 is 0. The van der Waals surface area contributed by atoms with Gasteiger partial charge in [0.1, 0.15) is 11.9 Å². The van der Waals surface area contributed by atoms with Crippen LogP contribution >= 0.6 is 0 Å². The van der Waals surface area contributed by atoms with Gasteiger partial charge in [-0.2, -0.15) is 0 Å². The van der Waals surface area contributed by atoms with Gasteiger partial charge in [-0.1, -0.05) is 18.2 Å². The first-order chi connectivity index (χ1) is 9.11. The summed E-state index contributed by atoms with van der Waals surface area (Å²) in [5.74, 6) is 0.399. The van der Waals surface area contributed by atoms with E-state index in [9.17, 15) is 10.1 Å². The van der Waals surface area contributed by atoms with Gasteiger partial charge in [0.25, 0.3) is 0 Å². The number of nitrogens with zero attached hydrogens (tertiary/aromatic N) is 3. The Labute approximate surface area is 109 Å². The molecule has 0 bridgehead atoms. The third-order valence-electron chi connectivity index (χ3n) is 2.53. The SMILES string of the molecule is Cn1cc([N+](=O)[O-])c(Oc2ccccc2CCO)n1. The van der Waals surface area contributed by atoms with Crippen LogP contribution in [-0.2, 0) is 13.5 Å². The number of aliphatic hydroxyl groups excluding tert-OH is 1. The summed E-state index contributed by atoms with van der Waals surface area (Å²) in [6.45, 7) is -0.0231. The van der Waals surface area contributed by atoms with Crippen LogP contribution in [0.4, 0.5) is 5.69 Å². The topological polar surface area (TPSA) is 90.4 Å². The monoisotopic (exact) mass is 263 g/mol. The summed E-state index contributed by atoms with van der Waals surface area (Å²) < 4.78 is 6.81. The van der Waals surface area contributed by atoms with E-state index in [-0.39, 0.29) is 18.2 Å². The fraction of sp³-hybridized carbons (Fsp3) is 0.250. The Morgan fingerprint density at radius 3 is 2.89 bits per heavy atom. The summed E-state index contributed by atoms with van der Waals surface area (Å²) in [6.07, 6.45) is 1.70. The quantitative estimate of drug-likeness (QED) is 0.654. The molecule has 0 aliphatic rings. The van der Waals surface area contributed by atoms with E-state index in [0.29, 0.717) is 12.2 Å². The summed E-state index contributed by atoms with van der Waals surface area (Å²) in [4.78, 5) is 10.3. The van der Waals surface area contributed by atoms with Crippen LogP contribution in [0.25, 0.3) is 0 Å². The van der Waals surface area contributed by atoms with Crippen molar-refractivity contribution in [2.24, 2.45) is 7.05 Å². The molecule has 2 rings (SSSR count). The van der Waals surface area contributed by atoms with Crippen LogP contribution in [0.5, 0.6) is 11.6 Å². The second-order valence-electron chi connectivity index (χ2n) is 3.93. The Kier molecular flexibility index (Phi) is 3.76. The summed E-state index contributed by atoms with van der Waals surface area (Å²) in [6, 6.07) is 7.04. The van der Waals surface area contributed by atoms with Gasteiger partial charge in [-0.05, 0) is 18.1 Å². The molecule has 0 amide bonds. The highest BCUT2D eigenvalue weighted by Gasteiger charge is 2.21. The van der Waals surface area contributed by atoms with E-state index in [0.717, 1.165) is 5.56 Å². The van der Waals surface area contributed by atoms with E-state index < -0.39 is 4.92 Å². The predicted molar refractivity (Wildman–Crippen MR) is 67.2 cm³/mol. The summed E-state index contributed by atoms with van der Waals surface area (Å²) in [7, 11) is 1.58. The van der Waals surface area contributed by atoms with Crippen LogP contribution in [0, 0.1) is 10.1 Å². The molecule has 0 aliphatic heterocycles. The molecule has 1 aromatic heterocycles. The molecule has 19 heavy (non-hydrogen) atoms. The highest BCUT2D eigenvalue weighted by molar-refractivity contribution is 5.43. The maximum atomic E-state index is 10.9. The van der Waals surface area contributed by atoms with Gasteiger partial charge in [0.2, 0.25) is 0 Å². The van der Waals surface area contributed by atoms with Crippen LogP contribution in [-0.4, -0.2) is 26.4 Å². The zero-order chi connectivity index (χ0) is 13.8. The van der Waals surface area contributed by atoms with E-state index in [1.807, 2.05) is 6.07 Å². The van der Waals surface area contributed by atoms with E-state index in [1.54, 1.807) is 25.2 Å². The lowest BCUT2D eigenvalue weighted by atomic mass is 10.1. The van der Waals surface area contributed by atoms with E-state index in [4.69, 9.17) is 9.84 Å². The molecule has 0 radical (unpaired) electrons. The van der Waals surface area contributed by atoms with Gasteiger partial charge in [-0.25, -0.2) is 0 Å². The van der Waals surface area contributed by atoms with Crippen molar-refractivity contribution in [3.63, 3.8) is 0 Å². The molecule has 2 aromatic rings. The van der Waals surface area contributed by atoms with Crippen molar-refractivity contribution in [1.82, 2.24) is 9.78 Å². The highest BCUT2D eigenvalue weighted by atomic mass is 16.6. The third kappa shape index (κ3) is 2.89. The minimum atomic E-state index is -0.545. The van der Waals surface area contributed by atoms with Crippen LogP contribution in [0.3, 0.4) is 0 Å². The first-order valence-corrected chi connectivity index (χ1v) is 5.66. The number of benzene rings is 1. The van der Waals surface area contributed by atoms with E-state index in [1.165, 1.54) is 10.9 Å². The van der Waals surface area contributed by atoms with Gasteiger partial charge >= 0.3 is 11.6 Å². The van der Waals surface area contributed by atoms with Crippen molar-refractivity contribution in [2.45, 2.75) is 6.42 Å². The van der Waals surface area contributed by atoms with Crippen LogP contribution in [0.2, 0.25) is 0 Å². The number of rotatable bonds is 5. The van der Waals surface area contributed by atoms with E-state index >= 15 is 0 Å². The largest absolute Gasteiger partial charge is 0.432 e. The third-order valence-corrected chi connectivity index (χ3v) is 2.53. The molecular weight excluding hydrogens is 250 g/mol. The fourth-order valence-corrected chi connectivity index (χ4v) is 1.69. The van der Waals surface area contributed by atoms with Crippen molar-refractivity contribution >= 4 is 5.69 Å². The van der Waals surface area contributed by atoms with Crippen LogP contribution in [0.15, 0.2) is 30.5 Å². The lowest BCUT2D eigenvalue weighted by molar-refractivity contribution is -0.385. The first kappa shape index (κ1) is 13.0. The Morgan fingerprint density at radius 1 is 1.47 bits per heavy atom. The standard InChI is InChI=1S/C12H13N3O4/c1-14-8-10(15(17)18)12(13-14)19-11-5-3-2-4-9(11)6-7-16/h2-5,8,16H,6-7H2,1H3. The molecule has 0 aliphatic carbocycles. The Balaban J connectivity index is 2.33. The molecule has 1 heterocycles. The Bertz CT molecular complexity index is 594. The van der Waals surface area contributed by atoms with Gasteiger partial charge < -0.3 is 9.84 Å². The molecule has 7 heteroatoms. The predicted octanol–water partition coefficient (Wildman–Crippen LogP) is 1.66. The molecule has 1 aromatic carbocycles. The molecule has 0 saturated carbocycles. The minimum Gasteiger partial charge on any atom is -0.432 e. The van der Waals surface area contributed by atoms with Crippen molar-refractivity contribution in [3.05, 3.63) is 46.1 Å². The zero-order valence-electron chi connectivity index (χ0n) is 10.3. The number of para-hydroxylation sites is 1. The maximum absolute atomic E-state index is 10.9. The molecule has 7 nitrogen and oxygen atoms in total. The van der Waals surface area contributed by atoms with Crippen molar-refractivity contribution < 1.29 is 14.8 Å². The normalized spacial score (nSPS) is 10.4. The molecule has 0 spiro atoms. The average molecular weight is 263 g/mol. The first-order valence-electron chi connectivity index (χ1n) is 5.66. The van der Waals surface area contributed by atoms with Gasteiger partial charge in [-0.3, -0.25) is 14.8 Å². The number of aryl methyl sites for hydroxylation is 1. The molecule has 1 N–H and O–H groups in total. The van der Waals surface area contributed by atoms with Crippen LogP contribution in [0.1, 0.15) is 5.56 Å². The molecular formula is C12H13N3O4. The molecule has 100 valence electrons. The van der Waals surface area contributed by atoms with E-state index in [2.05, 4.69) is 5.10 Å². The number of aromatic nitrogens is 2. The Hall–Kier alpha value is -2.41. The summed E-state index contributed by atoms with van der Waals surface area (Å²) in [5.41, 5.74) is 0.575. The lowest BCUT2D eigenvalue weighted by Crippen LogP contribution is -1.97. The smallest absolute Gasteiger partial charge is 0.350 e. The highest BCUT2D eigenvalue weighted by Crippen LogP contribution is 2.31. The average Bonchev–Trinajstić information content (AvgIpc) is 2.73. The number of aliphatic hydroxyl groups is 1. The van der Waals surface area contributed by atoms with Crippen LogP contribution < -0.4 is 4.74 Å². The number of hydrogen-bond donors (Lipinski definition) is 1. The Morgan fingerprint density at radius 2 is 2.21 bits per heavy atom. The number of nitro groups is 1. The summed E-state index contributed by atoms with van der Waals surface area (Å²) in [5, 5.41) is 23.8. The minimum absolute atomic E-state index is 0.0231. The number of ether oxygens (including phenoxy) is 1. The van der Waals surface area contributed by atoms with Crippen molar-refractivity contribution in [2.75, 3.05) is 6.61 Å². The maximum Gasteiger partial charge on any atom is 0.350 e. The van der Waals surface area contributed by atoms with Crippen molar-refractivity contribution in [3.8, 4) is 11.6 Å². The lowest BCUT2D eigenvalue weighted by Gasteiger charge is -2.07. The molecule has 0 fully saturated rings. The molecule has 0 unspecified atom stereocenters. The zero-order valence-corrected chi connectivity index (χ0v) is 10.3.